The Labute approximate surface area is 162 Å². The Hall–Kier alpha value is -3.18. The van der Waals surface area contributed by atoms with Crippen molar-refractivity contribution in [2.45, 2.75) is 13.8 Å². The Kier molecular flexibility index (Phi) is 5.52. The number of carbonyl (C=O) groups is 2. The number of carbonyl (C=O) groups excluding carboxylic acids is 2. The number of ketones is 1. The van der Waals surface area contributed by atoms with Gasteiger partial charge in [-0.25, -0.2) is 4.98 Å². The fourth-order valence-electron chi connectivity index (χ4n) is 2.51. The number of aromatic nitrogens is 1. The number of pyridine rings is 1. The Morgan fingerprint density at radius 3 is 2.44 bits per heavy atom. The third-order valence-electron chi connectivity index (χ3n) is 4.10. The number of nitrogens with one attached hydrogen (secondary N) is 2. The van der Waals surface area contributed by atoms with Crippen LogP contribution in [-0.2, 0) is 0 Å². The maximum atomic E-state index is 12.5. The van der Waals surface area contributed by atoms with Crippen molar-refractivity contribution in [3.63, 3.8) is 0 Å². The van der Waals surface area contributed by atoms with Gasteiger partial charge in [-0.1, -0.05) is 17.7 Å². The molecule has 0 aliphatic rings. The first-order valence-electron chi connectivity index (χ1n) is 8.34. The molecule has 2 aromatic carbocycles. The lowest BCUT2D eigenvalue weighted by Gasteiger charge is -2.11. The minimum absolute atomic E-state index is 0.0194. The average molecular weight is 380 g/mol. The van der Waals surface area contributed by atoms with Crippen LogP contribution < -0.4 is 10.6 Å². The number of anilines is 3. The largest absolute Gasteiger partial charge is 0.340 e. The molecule has 0 radical (unpaired) electrons. The number of rotatable bonds is 5. The maximum Gasteiger partial charge on any atom is 0.255 e. The fraction of sp³-hybridized carbons (Fsp3) is 0.0952. The quantitative estimate of drug-likeness (QED) is 0.594. The van der Waals surface area contributed by atoms with Crippen molar-refractivity contribution in [1.29, 1.82) is 0 Å². The summed E-state index contributed by atoms with van der Waals surface area (Å²) >= 11 is 6.14. The number of hydrogen-bond acceptors (Lipinski definition) is 4. The van der Waals surface area contributed by atoms with E-state index < -0.39 is 0 Å². The smallest absolute Gasteiger partial charge is 0.255 e. The zero-order valence-electron chi connectivity index (χ0n) is 14.9. The van der Waals surface area contributed by atoms with Crippen LogP contribution in [0.5, 0.6) is 0 Å². The molecule has 0 aliphatic carbocycles. The normalized spacial score (nSPS) is 10.3. The first kappa shape index (κ1) is 18.6. The van der Waals surface area contributed by atoms with E-state index in [2.05, 4.69) is 15.6 Å². The van der Waals surface area contributed by atoms with Crippen molar-refractivity contribution in [2.75, 3.05) is 10.6 Å². The molecule has 1 amide bonds. The van der Waals surface area contributed by atoms with Crippen LogP contribution in [0.25, 0.3) is 0 Å². The highest BCUT2D eigenvalue weighted by molar-refractivity contribution is 6.31. The van der Waals surface area contributed by atoms with Crippen LogP contribution in [0.15, 0.2) is 60.8 Å². The summed E-state index contributed by atoms with van der Waals surface area (Å²) in [6, 6.07) is 15.6. The summed E-state index contributed by atoms with van der Waals surface area (Å²) in [7, 11) is 0. The minimum Gasteiger partial charge on any atom is -0.340 e. The predicted octanol–water partition coefficient (Wildman–Crippen LogP) is 5.24. The molecule has 0 atom stereocenters. The molecule has 6 heteroatoms. The van der Waals surface area contributed by atoms with Gasteiger partial charge in [0.25, 0.3) is 5.91 Å². The van der Waals surface area contributed by atoms with Gasteiger partial charge in [-0.3, -0.25) is 9.59 Å². The number of nitrogens with zero attached hydrogens (tertiary/aromatic N) is 1. The lowest BCUT2D eigenvalue weighted by atomic mass is 10.1. The first-order valence-corrected chi connectivity index (χ1v) is 8.72. The molecule has 0 unspecified atom stereocenters. The molecule has 1 aromatic heterocycles. The Balaban J connectivity index is 1.75. The molecular formula is C21H18ClN3O2. The summed E-state index contributed by atoms with van der Waals surface area (Å²) < 4.78 is 0. The van der Waals surface area contributed by atoms with Gasteiger partial charge in [0.05, 0.1) is 0 Å². The number of Topliss-reactive ketones (excluding diaryl/α,β-unsaturated/α-hetero) is 1. The topological polar surface area (TPSA) is 71.1 Å². The minimum atomic E-state index is -0.265. The standard InChI is InChI=1S/C21H18ClN3O2/c1-13-18(22)4-3-5-19(13)25-20-12-16(10-11-23-20)21(27)24-17-8-6-15(7-9-17)14(2)26/h3-12H,1-2H3,(H,23,25)(H,24,27). The first-order chi connectivity index (χ1) is 12.9. The van der Waals surface area contributed by atoms with Crippen molar-refractivity contribution in [1.82, 2.24) is 4.98 Å². The molecule has 3 rings (SSSR count). The van der Waals surface area contributed by atoms with Gasteiger partial charge in [-0.15, -0.1) is 0 Å². The summed E-state index contributed by atoms with van der Waals surface area (Å²) in [5.74, 6) is 0.257. The Bertz CT molecular complexity index is 1000. The summed E-state index contributed by atoms with van der Waals surface area (Å²) in [5, 5.41) is 6.64. The molecule has 0 spiro atoms. The summed E-state index contributed by atoms with van der Waals surface area (Å²) in [6.45, 7) is 3.41. The molecule has 0 saturated heterocycles. The van der Waals surface area contributed by atoms with Gasteiger partial charge in [0.1, 0.15) is 5.82 Å². The Morgan fingerprint density at radius 2 is 1.74 bits per heavy atom. The van der Waals surface area contributed by atoms with Gasteiger partial charge in [-0.2, -0.15) is 0 Å². The van der Waals surface area contributed by atoms with E-state index in [0.717, 1.165) is 11.3 Å². The number of amides is 1. The second kappa shape index (κ2) is 8.01. The second-order valence-corrected chi connectivity index (χ2v) is 6.46. The Morgan fingerprint density at radius 1 is 1.00 bits per heavy atom. The number of halogens is 1. The van der Waals surface area contributed by atoms with Crippen LogP contribution in [0.1, 0.15) is 33.2 Å². The zero-order valence-corrected chi connectivity index (χ0v) is 15.7. The highest BCUT2D eigenvalue weighted by atomic mass is 35.5. The highest BCUT2D eigenvalue weighted by Gasteiger charge is 2.09. The second-order valence-electron chi connectivity index (χ2n) is 6.05. The van der Waals surface area contributed by atoms with Crippen LogP contribution in [0, 0.1) is 6.92 Å². The van der Waals surface area contributed by atoms with E-state index >= 15 is 0 Å². The van der Waals surface area contributed by atoms with Crippen LogP contribution >= 0.6 is 11.6 Å². The van der Waals surface area contributed by atoms with E-state index in [0.29, 0.717) is 27.7 Å². The molecule has 5 nitrogen and oxygen atoms in total. The molecule has 2 N–H and O–H groups in total. The van der Waals surface area contributed by atoms with E-state index in [-0.39, 0.29) is 11.7 Å². The van der Waals surface area contributed by atoms with E-state index in [1.165, 1.54) is 6.92 Å². The number of hydrogen-bond donors (Lipinski definition) is 2. The van der Waals surface area contributed by atoms with Crippen molar-refractivity contribution in [2.24, 2.45) is 0 Å². The van der Waals surface area contributed by atoms with E-state index in [1.54, 1.807) is 42.6 Å². The van der Waals surface area contributed by atoms with Crippen LogP contribution in [0.3, 0.4) is 0 Å². The van der Waals surface area contributed by atoms with Crippen LogP contribution in [-0.4, -0.2) is 16.7 Å². The monoisotopic (exact) mass is 379 g/mol. The molecule has 0 aliphatic heterocycles. The SMILES string of the molecule is CC(=O)c1ccc(NC(=O)c2ccnc(Nc3cccc(Cl)c3C)c2)cc1. The molecule has 3 aromatic rings. The molecule has 0 saturated carbocycles. The molecule has 27 heavy (non-hydrogen) atoms. The van der Waals surface area contributed by atoms with Gasteiger partial charge in [-0.05, 0) is 67.9 Å². The molecule has 0 bridgehead atoms. The van der Waals surface area contributed by atoms with Gasteiger partial charge < -0.3 is 10.6 Å². The van der Waals surface area contributed by atoms with Crippen molar-refractivity contribution >= 4 is 40.5 Å². The molecular weight excluding hydrogens is 362 g/mol. The van der Waals surface area contributed by atoms with Crippen LogP contribution in [0.4, 0.5) is 17.2 Å². The maximum absolute atomic E-state index is 12.5. The molecule has 1 heterocycles. The molecule has 0 fully saturated rings. The van der Waals surface area contributed by atoms with Crippen molar-refractivity contribution in [3.8, 4) is 0 Å². The van der Waals surface area contributed by atoms with E-state index in [1.807, 2.05) is 25.1 Å². The zero-order chi connectivity index (χ0) is 19.4. The predicted molar refractivity (Wildman–Crippen MR) is 108 cm³/mol. The van der Waals surface area contributed by atoms with E-state index in [4.69, 9.17) is 11.6 Å². The molecule has 136 valence electrons. The van der Waals surface area contributed by atoms with E-state index in [9.17, 15) is 9.59 Å². The average Bonchev–Trinajstić information content (AvgIpc) is 2.66. The summed E-state index contributed by atoms with van der Waals surface area (Å²) in [6.07, 6.45) is 1.57. The summed E-state index contributed by atoms with van der Waals surface area (Å²) in [5.41, 5.74) is 3.40. The lowest BCUT2D eigenvalue weighted by Crippen LogP contribution is -2.12. The van der Waals surface area contributed by atoms with Gasteiger partial charge in [0.2, 0.25) is 0 Å². The van der Waals surface area contributed by atoms with Gasteiger partial charge in [0, 0.05) is 33.7 Å². The summed E-state index contributed by atoms with van der Waals surface area (Å²) in [4.78, 5) is 28.1. The van der Waals surface area contributed by atoms with Crippen molar-refractivity contribution < 1.29 is 9.59 Å². The third kappa shape index (κ3) is 4.51. The van der Waals surface area contributed by atoms with Crippen LogP contribution in [0.2, 0.25) is 5.02 Å². The van der Waals surface area contributed by atoms with Crippen molar-refractivity contribution in [3.05, 3.63) is 82.5 Å². The lowest BCUT2D eigenvalue weighted by molar-refractivity contribution is 0.101. The highest BCUT2D eigenvalue weighted by Crippen LogP contribution is 2.25. The number of benzene rings is 2. The fourth-order valence-corrected chi connectivity index (χ4v) is 2.69. The van der Waals surface area contributed by atoms with Gasteiger partial charge >= 0.3 is 0 Å². The third-order valence-corrected chi connectivity index (χ3v) is 4.51. The van der Waals surface area contributed by atoms with Gasteiger partial charge in [0.15, 0.2) is 5.78 Å².